The van der Waals surface area contributed by atoms with Gasteiger partial charge >= 0.3 is 0 Å². The number of aryl methyl sites for hydroxylation is 1. The second-order valence-electron chi connectivity index (χ2n) is 3.88. The molecule has 1 aliphatic rings. The minimum atomic E-state index is 0.517. The minimum absolute atomic E-state index is 0.517. The molecule has 0 radical (unpaired) electrons. The number of nitrogens with one attached hydrogen (secondary N) is 1. The number of hydrogen-bond acceptors (Lipinski definition) is 4. The predicted octanol–water partition coefficient (Wildman–Crippen LogP) is 0.815. The third kappa shape index (κ3) is 2.46. The molecule has 0 bridgehead atoms. The molecule has 0 saturated heterocycles. The lowest BCUT2D eigenvalue weighted by Gasteiger charge is -2.20. The van der Waals surface area contributed by atoms with Crippen molar-refractivity contribution in [3.05, 3.63) is 23.3 Å². The van der Waals surface area contributed by atoms with Crippen LogP contribution < -0.4 is 20.5 Å². The van der Waals surface area contributed by atoms with Crippen molar-refractivity contribution in [1.82, 2.24) is 5.32 Å². The van der Waals surface area contributed by atoms with Crippen LogP contribution in [0.25, 0.3) is 0 Å². The monoisotopic (exact) mass is 222 g/mol. The standard InChI is InChI=1S/C12H18N2O2/c1-9-6-11-12(16-5-4-15-11)7-10(9)2-3-14-8-13/h6-7,14H,2-5,8,13H2,1H3. The van der Waals surface area contributed by atoms with Gasteiger partial charge in [-0.15, -0.1) is 0 Å². The second kappa shape index (κ2) is 5.18. The number of nitrogens with two attached hydrogens (primary N) is 1. The van der Waals surface area contributed by atoms with Crippen LogP contribution >= 0.6 is 0 Å². The van der Waals surface area contributed by atoms with Gasteiger partial charge in [0.05, 0.1) is 0 Å². The summed E-state index contributed by atoms with van der Waals surface area (Å²) in [4.78, 5) is 0. The van der Waals surface area contributed by atoms with Crippen molar-refractivity contribution < 1.29 is 9.47 Å². The lowest BCUT2D eigenvalue weighted by molar-refractivity contribution is 0.171. The zero-order valence-electron chi connectivity index (χ0n) is 9.58. The summed E-state index contributed by atoms with van der Waals surface area (Å²) in [5.74, 6) is 1.72. The lowest BCUT2D eigenvalue weighted by Crippen LogP contribution is -2.24. The van der Waals surface area contributed by atoms with Gasteiger partial charge in [-0.05, 0) is 36.6 Å². The van der Waals surface area contributed by atoms with Gasteiger partial charge in [0.15, 0.2) is 11.5 Å². The summed E-state index contributed by atoms with van der Waals surface area (Å²) in [6.45, 7) is 4.77. The van der Waals surface area contributed by atoms with E-state index in [1.54, 1.807) is 0 Å². The van der Waals surface area contributed by atoms with Crippen molar-refractivity contribution in [2.24, 2.45) is 5.73 Å². The summed E-state index contributed by atoms with van der Waals surface area (Å²) in [5, 5.41) is 3.11. The van der Waals surface area contributed by atoms with E-state index in [2.05, 4.69) is 18.3 Å². The molecule has 0 unspecified atom stereocenters. The molecule has 1 heterocycles. The Morgan fingerprint density at radius 3 is 2.62 bits per heavy atom. The Kier molecular flexibility index (Phi) is 3.64. The number of fused-ring (bicyclic) bond motifs is 1. The van der Waals surface area contributed by atoms with E-state index in [4.69, 9.17) is 15.2 Å². The summed E-state index contributed by atoms with van der Waals surface area (Å²) in [7, 11) is 0. The van der Waals surface area contributed by atoms with E-state index in [9.17, 15) is 0 Å². The van der Waals surface area contributed by atoms with Gasteiger partial charge in [0, 0.05) is 13.2 Å². The molecule has 88 valence electrons. The molecule has 2 rings (SSSR count). The fourth-order valence-electron chi connectivity index (χ4n) is 1.83. The number of hydrogen-bond donors (Lipinski definition) is 2. The van der Waals surface area contributed by atoms with E-state index in [0.717, 1.165) is 24.5 Å². The summed E-state index contributed by atoms with van der Waals surface area (Å²) in [6, 6.07) is 4.12. The zero-order chi connectivity index (χ0) is 11.4. The van der Waals surface area contributed by atoms with Crippen LogP contribution in [0.4, 0.5) is 0 Å². The average Bonchev–Trinajstić information content (AvgIpc) is 2.30. The Labute approximate surface area is 95.7 Å². The van der Waals surface area contributed by atoms with Crippen molar-refractivity contribution >= 4 is 0 Å². The van der Waals surface area contributed by atoms with Gasteiger partial charge in [0.2, 0.25) is 0 Å². The molecule has 0 spiro atoms. The average molecular weight is 222 g/mol. The maximum Gasteiger partial charge on any atom is 0.161 e. The van der Waals surface area contributed by atoms with Crippen molar-refractivity contribution in [1.29, 1.82) is 0 Å². The first-order valence-electron chi connectivity index (χ1n) is 5.61. The van der Waals surface area contributed by atoms with Crippen LogP contribution in [0, 0.1) is 6.92 Å². The first-order chi connectivity index (χ1) is 7.81. The van der Waals surface area contributed by atoms with E-state index < -0.39 is 0 Å². The molecule has 16 heavy (non-hydrogen) atoms. The third-order valence-electron chi connectivity index (χ3n) is 2.72. The molecule has 0 atom stereocenters. The fraction of sp³-hybridized carbons (Fsp3) is 0.500. The molecular weight excluding hydrogens is 204 g/mol. The Morgan fingerprint density at radius 2 is 1.94 bits per heavy atom. The predicted molar refractivity (Wildman–Crippen MR) is 62.9 cm³/mol. The molecule has 4 heteroatoms. The van der Waals surface area contributed by atoms with Gasteiger partial charge in [-0.2, -0.15) is 0 Å². The van der Waals surface area contributed by atoms with Crippen LogP contribution in [0.2, 0.25) is 0 Å². The van der Waals surface area contributed by atoms with Crippen LogP contribution in [0.1, 0.15) is 11.1 Å². The highest BCUT2D eigenvalue weighted by Crippen LogP contribution is 2.32. The highest BCUT2D eigenvalue weighted by Gasteiger charge is 2.13. The van der Waals surface area contributed by atoms with E-state index in [-0.39, 0.29) is 0 Å². The third-order valence-corrected chi connectivity index (χ3v) is 2.72. The van der Waals surface area contributed by atoms with Crippen molar-refractivity contribution in [3.8, 4) is 11.5 Å². The van der Waals surface area contributed by atoms with Gasteiger partial charge in [0.25, 0.3) is 0 Å². The van der Waals surface area contributed by atoms with Crippen LogP contribution in [0.5, 0.6) is 11.5 Å². The Hall–Kier alpha value is -1.26. The fourth-order valence-corrected chi connectivity index (χ4v) is 1.83. The van der Waals surface area contributed by atoms with Gasteiger partial charge in [-0.3, -0.25) is 0 Å². The molecular formula is C12H18N2O2. The summed E-state index contributed by atoms with van der Waals surface area (Å²) in [5.41, 5.74) is 7.91. The van der Waals surface area contributed by atoms with E-state index in [1.165, 1.54) is 11.1 Å². The first kappa shape index (κ1) is 11.2. The number of benzene rings is 1. The molecule has 1 aromatic carbocycles. The highest BCUT2D eigenvalue weighted by atomic mass is 16.6. The molecule has 1 aliphatic heterocycles. The quantitative estimate of drug-likeness (QED) is 0.585. The lowest BCUT2D eigenvalue weighted by atomic mass is 10.0. The minimum Gasteiger partial charge on any atom is -0.486 e. The largest absolute Gasteiger partial charge is 0.486 e. The van der Waals surface area contributed by atoms with Crippen LogP contribution in [-0.2, 0) is 6.42 Å². The normalized spacial score (nSPS) is 13.9. The SMILES string of the molecule is Cc1cc2c(cc1CCNCN)OCCO2. The van der Waals surface area contributed by atoms with E-state index in [1.807, 2.05) is 6.07 Å². The number of rotatable bonds is 4. The summed E-state index contributed by atoms with van der Waals surface area (Å²) in [6.07, 6.45) is 0.958. The van der Waals surface area contributed by atoms with Gasteiger partial charge in [-0.25, -0.2) is 0 Å². The smallest absolute Gasteiger partial charge is 0.161 e. The van der Waals surface area contributed by atoms with E-state index >= 15 is 0 Å². The molecule has 0 aliphatic carbocycles. The Balaban J connectivity index is 2.12. The van der Waals surface area contributed by atoms with Crippen molar-refractivity contribution in [2.75, 3.05) is 26.4 Å². The molecule has 0 saturated carbocycles. The molecule has 1 aromatic rings. The van der Waals surface area contributed by atoms with E-state index in [0.29, 0.717) is 19.9 Å². The van der Waals surface area contributed by atoms with Crippen LogP contribution in [0.15, 0.2) is 12.1 Å². The molecule has 3 N–H and O–H groups in total. The molecule has 4 nitrogen and oxygen atoms in total. The molecule has 0 aromatic heterocycles. The summed E-state index contributed by atoms with van der Waals surface area (Å²) < 4.78 is 11.1. The van der Waals surface area contributed by atoms with Crippen LogP contribution in [0.3, 0.4) is 0 Å². The molecule has 0 amide bonds. The summed E-state index contributed by atoms with van der Waals surface area (Å²) >= 11 is 0. The van der Waals surface area contributed by atoms with Gasteiger partial charge in [0.1, 0.15) is 13.2 Å². The Morgan fingerprint density at radius 1 is 1.25 bits per heavy atom. The zero-order valence-corrected chi connectivity index (χ0v) is 9.58. The topological polar surface area (TPSA) is 56.5 Å². The number of ether oxygens (including phenoxy) is 2. The van der Waals surface area contributed by atoms with Crippen molar-refractivity contribution in [3.63, 3.8) is 0 Å². The van der Waals surface area contributed by atoms with Crippen molar-refractivity contribution in [2.45, 2.75) is 13.3 Å². The molecule has 0 fully saturated rings. The van der Waals surface area contributed by atoms with Crippen LogP contribution in [-0.4, -0.2) is 26.4 Å². The van der Waals surface area contributed by atoms with Gasteiger partial charge < -0.3 is 20.5 Å². The highest BCUT2D eigenvalue weighted by molar-refractivity contribution is 5.47. The first-order valence-corrected chi connectivity index (χ1v) is 5.61. The maximum atomic E-state index is 5.56. The Bertz CT molecular complexity index is 366. The second-order valence-corrected chi connectivity index (χ2v) is 3.88. The maximum absolute atomic E-state index is 5.56. The van der Waals surface area contributed by atoms with Gasteiger partial charge in [-0.1, -0.05) is 0 Å².